The third-order valence-corrected chi connectivity index (χ3v) is 2.64. The molecule has 1 heterocycles. The zero-order valence-electron chi connectivity index (χ0n) is 11.2. The van der Waals surface area contributed by atoms with Gasteiger partial charge in [0.15, 0.2) is 0 Å². The molecular formula is C14H17ClN4. The molecule has 19 heavy (non-hydrogen) atoms. The van der Waals surface area contributed by atoms with Gasteiger partial charge in [0.1, 0.15) is 17.5 Å². The molecule has 0 amide bonds. The highest BCUT2D eigenvalue weighted by molar-refractivity contribution is 6.30. The first-order chi connectivity index (χ1) is 9.02. The highest BCUT2D eigenvalue weighted by Gasteiger charge is 2.03. The minimum Gasteiger partial charge on any atom is -0.368 e. The topological polar surface area (TPSA) is 49.8 Å². The minimum atomic E-state index is 0.331. The number of hydrogen-bond acceptors (Lipinski definition) is 4. The quantitative estimate of drug-likeness (QED) is 0.886. The second-order valence-corrected chi connectivity index (χ2v) is 5.05. The van der Waals surface area contributed by atoms with Crippen LogP contribution >= 0.6 is 11.6 Å². The molecule has 1 aromatic heterocycles. The molecule has 100 valence electrons. The molecule has 0 saturated heterocycles. The molecule has 0 radical (unpaired) electrons. The van der Waals surface area contributed by atoms with E-state index in [-0.39, 0.29) is 0 Å². The van der Waals surface area contributed by atoms with E-state index in [0.717, 1.165) is 23.1 Å². The van der Waals surface area contributed by atoms with Crippen molar-refractivity contribution in [2.24, 2.45) is 0 Å². The molecule has 0 fully saturated rings. The maximum absolute atomic E-state index is 5.86. The Morgan fingerprint density at radius 3 is 2.32 bits per heavy atom. The molecule has 0 saturated carbocycles. The molecular weight excluding hydrogens is 260 g/mol. The van der Waals surface area contributed by atoms with E-state index in [4.69, 9.17) is 11.6 Å². The summed E-state index contributed by atoms with van der Waals surface area (Å²) in [6.45, 7) is 6.02. The van der Waals surface area contributed by atoms with Crippen molar-refractivity contribution in [1.29, 1.82) is 0 Å². The highest BCUT2D eigenvalue weighted by Crippen LogP contribution is 2.19. The molecule has 2 rings (SSSR count). The van der Waals surface area contributed by atoms with Crippen LogP contribution in [-0.2, 0) is 0 Å². The zero-order valence-corrected chi connectivity index (χ0v) is 12.0. The fourth-order valence-corrected chi connectivity index (χ4v) is 1.81. The number of anilines is 3. The van der Waals surface area contributed by atoms with Crippen molar-refractivity contribution < 1.29 is 0 Å². The lowest BCUT2D eigenvalue weighted by atomic mass is 10.3. The number of aryl methyl sites for hydroxylation is 1. The number of halogens is 1. The third kappa shape index (κ3) is 4.10. The van der Waals surface area contributed by atoms with Gasteiger partial charge in [0.2, 0.25) is 0 Å². The number of aromatic nitrogens is 2. The Kier molecular flexibility index (Phi) is 4.22. The second kappa shape index (κ2) is 5.89. The molecule has 1 aromatic carbocycles. The van der Waals surface area contributed by atoms with Crippen LogP contribution in [0.25, 0.3) is 0 Å². The molecule has 0 spiro atoms. The molecule has 4 nitrogen and oxygen atoms in total. The van der Waals surface area contributed by atoms with Gasteiger partial charge in [-0.05, 0) is 45.0 Å². The van der Waals surface area contributed by atoms with Crippen LogP contribution < -0.4 is 10.6 Å². The van der Waals surface area contributed by atoms with Crippen molar-refractivity contribution in [2.75, 3.05) is 10.6 Å². The van der Waals surface area contributed by atoms with Gasteiger partial charge in [0.05, 0.1) is 0 Å². The summed E-state index contributed by atoms with van der Waals surface area (Å²) in [5, 5.41) is 7.22. The monoisotopic (exact) mass is 276 g/mol. The smallest absolute Gasteiger partial charge is 0.136 e. The molecule has 0 unspecified atom stereocenters. The number of nitrogens with one attached hydrogen (secondary N) is 2. The molecule has 0 aliphatic heterocycles. The molecule has 0 atom stereocenters. The fourth-order valence-electron chi connectivity index (χ4n) is 1.68. The lowest BCUT2D eigenvalue weighted by Crippen LogP contribution is -2.12. The maximum Gasteiger partial charge on any atom is 0.136 e. The van der Waals surface area contributed by atoms with E-state index in [1.54, 1.807) is 0 Å². The second-order valence-electron chi connectivity index (χ2n) is 4.62. The van der Waals surface area contributed by atoms with Crippen LogP contribution in [-0.4, -0.2) is 16.0 Å². The van der Waals surface area contributed by atoms with E-state index in [2.05, 4.69) is 34.4 Å². The Hall–Kier alpha value is -1.81. The predicted octanol–water partition coefficient (Wildman–Crippen LogP) is 4.00. The highest BCUT2D eigenvalue weighted by atomic mass is 35.5. The Bertz CT molecular complexity index is 552. The van der Waals surface area contributed by atoms with Gasteiger partial charge in [-0.3, -0.25) is 0 Å². The van der Waals surface area contributed by atoms with Crippen molar-refractivity contribution in [3.8, 4) is 0 Å². The van der Waals surface area contributed by atoms with Crippen LogP contribution in [0, 0.1) is 6.92 Å². The van der Waals surface area contributed by atoms with E-state index in [1.807, 2.05) is 37.3 Å². The summed E-state index contributed by atoms with van der Waals surface area (Å²) >= 11 is 5.86. The van der Waals surface area contributed by atoms with Crippen LogP contribution in [0.2, 0.25) is 5.02 Å². The van der Waals surface area contributed by atoms with E-state index >= 15 is 0 Å². The van der Waals surface area contributed by atoms with Gasteiger partial charge in [-0.1, -0.05) is 11.6 Å². The van der Waals surface area contributed by atoms with E-state index in [1.165, 1.54) is 0 Å². The molecule has 2 N–H and O–H groups in total. The molecule has 0 bridgehead atoms. The average Bonchev–Trinajstić information content (AvgIpc) is 2.30. The molecule has 2 aromatic rings. The van der Waals surface area contributed by atoms with Gasteiger partial charge in [-0.15, -0.1) is 0 Å². The summed E-state index contributed by atoms with van der Waals surface area (Å²) in [6.07, 6.45) is 0. The summed E-state index contributed by atoms with van der Waals surface area (Å²) in [5.41, 5.74) is 0.943. The van der Waals surface area contributed by atoms with Crippen molar-refractivity contribution in [3.63, 3.8) is 0 Å². The summed E-state index contributed by atoms with van der Waals surface area (Å²) in [4.78, 5) is 8.71. The number of nitrogens with zero attached hydrogens (tertiary/aromatic N) is 2. The van der Waals surface area contributed by atoms with E-state index in [0.29, 0.717) is 11.1 Å². The van der Waals surface area contributed by atoms with E-state index < -0.39 is 0 Å². The van der Waals surface area contributed by atoms with Crippen molar-refractivity contribution in [2.45, 2.75) is 26.8 Å². The standard InChI is InChI=1S/C14H17ClN4/c1-9(2)16-13-8-14(18-10(3)17-13)19-12-6-4-11(15)5-7-12/h4-9H,1-3H3,(H2,16,17,18,19). The lowest BCUT2D eigenvalue weighted by molar-refractivity contribution is 0.881. The molecule has 0 aliphatic carbocycles. The minimum absolute atomic E-state index is 0.331. The Morgan fingerprint density at radius 1 is 1.05 bits per heavy atom. The van der Waals surface area contributed by atoms with Crippen LogP contribution in [0.3, 0.4) is 0 Å². The van der Waals surface area contributed by atoms with Crippen molar-refractivity contribution in [3.05, 3.63) is 41.2 Å². The first-order valence-electron chi connectivity index (χ1n) is 6.18. The summed E-state index contributed by atoms with van der Waals surface area (Å²) in [7, 11) is 0. The van der Waals surface area contributed by atoms with E-state index in [9.17, 15) is 0 Å². The Labute approximate surface area is 118 Å². The Morgan fingerprint density at radius 2 is 1.68 bits per heavy atom. The Balaban J connectivity index is 2.19. The summed E-state index contributed by atoms with van der Waals surface area (Å²) < 4.78 is 0. The third-order valence-electron chi connectivity index (χ3n) is 2.39. The van der Waals surface area contributed by atoms with Crippen LogP contribution in [0.4, 0.5) is 17.3 Å². The number of rotatable bonds is 4. The van der Waals surface area contributed by atoms with Gasteiger partial charge in [-0.2, -0.15) is 0 Å². The largest absolute Gasteiger partial charge is 0.368 e. The molecule has 5 heteroatoms. The van der Waals surface area contributed by atoms with Gasteiger partial charge in [-0.25, -0.2) is 9.97 Å². The van der Waals surface area contributed by atoms with Gasteiger partial charge in [0.25, 0.3) is 0 Å². The van der Waals surface area contributed by atoms with Gasteiger partial charge in [0, 0.05) is 22.8 Å². The normalized spacial score (nSPS) is 10.6. The van der Waals surface area contributed by atoms with Crippen LogP contribution in [0.5, 0.6) is 0 Å². The lowest BCUT2D eigenvalue weighted by Gasteiger charge is -2.12. The number of hydrogen-bond donors (Lipinski definition) is 2. The predicted molar refractivity (Wildman–Crippen MR) is 80.3 cm³/mol. The van der Waals surface area contributed by atoms with Crippen LogP contribution in [0.1, 0.15) is 19.7 Å². The summed E-state index contributed by atoms with van der Waals surface area (Å²) in [6, 6.07) is 9.72. The molecule has 0 aliphatic rings. The van der Waals surface area contributed by atoms with Crippen molar-refractivity contribution >= 4 is 28.9 Å². The SMILES string of the molecule is Cc1nc(Nc2ccc(Cl)cc2)cc(NC(C)C)n1. The first-order valence-corrected chi connectivity index (χ1v) is 6.55. The average molecular weight is 277 g/mol. The summed E-state index contributed by atoms with van der Waals surface area (Å²) in [5.74, 6) is 2.30. The number of benzene rings is 1. The van der Waals surface area contributed by atoms with Gasteiger partial charge < -0.3 is 10.6 Å². The zero-order chi connectivity index (χ0) is 13.8. The maximum atomic E-state index is 5.86. The van der Waals surface area contributed by atoms with Gasteiger partial charge >= 0.3 is 0 Å². The van der Waals surface area contributed by atoms with Crippen molar-refractivity contribution in [1.82, 2.24) is 9.97 Å². The first kappa shape index (κ1) is 13.6. The fraction of sp³-hybridized carbons (Fsp3) is 0.286. The van der Waals surface area contributed by atoms with Crippen LogP contribution in [0.15, 0.2) is 30.3 Å².